The minimum Gasteiger partial charge on any atom is -0.453 e. The van der Waals surface area contributed by atoms with Gasteiger partial charge in [-0.3, -0.25) is 4.79 Å². The third-order valence-electron chi connectivity index (χ3n) is 5.71. The summed E-state index contributed by atoms with van der Waals surface area (Å²) in [5, 5.41) is 4.30. The Labute approximate surface area is 191 Å². The molecule has 0 radical (unpaired) electrons. The van der Waals surface area contributed by atoms with Gasteiger partial charge in [-0.2, -0.15) is 0 Å². The Bertz CT molecular complexity index is 1200. The molecule has 2 heterocycles. The number of aromatic amines is 1. The van der Waals surface area contributed by atoms with Crippen molar-refractivity contribution < 1.29 is 23.1 Å². The van der Waals surface area contributed by atoms with Crippen LogP contribution in [-0.2, 0) is 9.53 Å². The van der Waals surface area contributed by atoms with E-state index in [1.165, 1.54) is 7.11 Å². The fourth-order valence-electron chi connectivity index (χ4n) is 4.12. The number of aromatic nitrogens is 2. The second-order valence-electron chi connectivity index (χ2n) is 8.35. The molecular formula is C22H23BrF2N4O3. The van der Waals surface area contributed by atoms with Crippen molar-refractivity contribution in [2.45, 2.75) is 38.3 Å². The Morgan fingerprint density at radius 1 is 1.31 bits per heavy atom. The lowest BCUT2D eigenvalue weighted by Gasteiger charge is -2.29. The molecule has 170 valence electrons. The van der Waals surface area contributed by atoms with Crippen LogP contribution in [0.15, 0.2) is 34.8 Å². The molecule has 0 unspecified atom stereocenters. The monoisotopic (exact) mass is 508 g/mol. The predicted molar refractivity (Wildman–Crippen MR) is 119 cm³/mol. The summed E-state index contributed by atoms with van der Waals surface area (Å²) in [7, 11) is 1.18. The quantitative estimate of drug-likeness (QED) is 0.531. The van der Waals surface area contributed by atoms with E-state index < -0.39 is 43.0 Å². The number of ether oxygens (including phenoxy) is 1. The highest BCUT2D eigenvalue weighted by molar-refractivity contribution is 9.10. The minimum absolute atomic E-state index is 0.293. The average molecular weight is 509 g/mol. The molecule has 2 atom stereocenters. The minimum atomic E-state index is -3.07. The van der Waals surface area contributed by atoms with Gasteiger partial charge in [-0.1, -0.05) is 41.9 Å². The van der Waals surface area contributed by atoms with Crippen molar-refractivity contribution in [3.63, 3.8) is 0 Å². The molecule has 32 heavy (non-hydrogen) atoms. The van der Waals surface area contributed by atoms with Crippen molar-refractivity contribution in [3.05, 3.63) is 40.6 Å². The Kier molecular flexibility index (Phi) is 5.83. The highest BCUT2D eigenvalue weighted by Crippen LogP contribution is 2.41. The van der Waals surface area contributed by atoms with E-state index in [9.17, 15) is 18.4 Å². The summed E-state index contributed by atoms with van der Waals surface area (Å²) in [6, 6.07) is 7.57. The van der Waals surface area contributed by atoms with Crippen molar-refractivity contribution in [2.24, 2.45) is 5.92 Å². The predicted octanol–water partition coefficient (Wildman–Crippen LogP) is 4.77. The van der Waals surface area contributed by atoms with Gasteiger partial charge in [0.25, 0.3) is 5.92 Å². The maximum atomic E-state index is 14.5. The van der Waals surface area contributed by atoms with Gasteiger partial charge in [0, 0.05) is 16.3 Å². The lowest BCUT2D eigenvalue weighted by Crippen LogP contribution is -2.51. The summed E-state index contributed by atoms with van der Waals surface area (Å²) in [4.78, 5) is 33.8. The van der Waals surface area contributed by atoms with Gasteiger partial charge in [0.1, 0.15) is 11.9 Å². The average Bonchev–Trinajstić information content (AvgIpc) is 3.31. The fourth-order valence-corrected chi connectivity index (χ4v) is 4.50. The smallest absolute Gasteiger partial charge is 0.407 e. The molecule has 0 spiro atoms. The molecule has 1 fully saturated rings. The van der Waals surface area contributed by atoms with E-state index >= 15 is 0 Å². The number of hydrogen-bond acceptors (Lipinski definition) is 4. The third-order valence-corrected chi connectivity index (χ3v) is 6.20. The molecule has 1 aliphatic heterocycles. The van der Waals surface area contributed by atoms with E-state index in [4.69, 9.17) is 0 Å². The molecule has 0 aliphatic carbocycles. The van der Waals surface area contributed by atoms with Gasteiger partial charge >= 0.3 is 6.09 Å². The molecule has 1 aromatic heterocycles. The number of hydrogen-bond donors (Lipinski definition) is 2. The van der Waals surface area contributed by atoms with Crippen LogP contribution < -0.4 is 5.32 Å². The fraction of sp³-hybridized carbons (Fsp3) is 0.409. The first-order valence-corrected chi connectivity index (χ1v) is 11.0. The number of rotatable bonds is 4. The SMILES string of the molecule is COC(=O)N[C@H](C(=O)N1CC(F)(F)C[C@H]1c1nc2c(ccc3cc(Br)ccc32)[nH]1)C(C)C. The number of alkyl halides is 2. The highest BCUT2D eigenvalue weighted by Gasteiger charge is 2.50. The molecule has 0 saturated carbocycles. The maximum Gasteiger partial charge on any atom is 0.407 e. The molecule has 4 rings (SSSR count). The zero-order chi connectivity index (χ0) is 23.2. The standard InChI is InChI=1S/C22H23BrF2N4O3/c1-11(2)17(28-21(31)32-3)20(30)29-10-22(24,25)9-16(29)19-26-15-7-4-12-8-13(23)5-6-14(12)18(15)27-19/h4-8,11,16-17H,9-10H2,1-3H3,(H,26,27)(H,28,31)/t16-,17-/m0/s1. The molecule has 1 aliphatic rings. The van der Waals surface area contributed by atoms with Crippen molar-refractivity contribution in [2.75, 3.05) is 13.7 Å². The summed E-state index contributed by atoms with van der Waals surface area (Å²) >= 11 is 3.44. The van der Waals surface area contributed by atoms with Crippen LogP contribution >= 0.6 is 15.9 Å². The molecule has 3 aromatic rings. The van der Waals surface area contributed by atoms with Gasteiger partial charge in [-0.05, 0) is 29.5 Å². The summed E-state index contributed by atoms with van der Waals surface area (Å²) < 4.78 is 34.5. The lowest BCUT2D eigenvalue weighted by atomic mass is 10.0. The van der Waals surface area contributed by atoms with E-state index in [1.54, 1.807) is 13.8 Å². The van der Waals surface area contributed by atoms with Gasteiger partial charge in [0.05, 0.1) is 30.7 Å². The molecule has 0 bridgehead atoms. The van der Waals surface area contributed by atoms with Crippen LogP contribution in [0.25, 0.3) is 21.8 Å². The van der Waals surface area contributed by atoms with E-state index in [-0.39, 0.29) is 5.92 Å². The van der Waals surface area contributed by atoms with Crippen molar-refractivity contribution in [1.82, 2.24) is 20.2 Å². The number of methoxy groups -OCH3 is 1. The Morgan fingerprint density at radius 3 is 2.75 bits per heavy atom. The van der Waals surface area contributed by atoms with E-state index in [0.717, 1.165) is 20.1 Å². The molecule has 2 N–H and O–H groups in total. The number of H-pyrrole nitrogens is 1. The van der Waals surface area contributed by atoms with Crippen molar-refractivity contribution >= 4 is 49.7 Å². The van der Waals surface area contributed by atoms with E-state index in [2.05, 4.69) is 36.0 Å². The Morgan fingerprint density at radius 2 is 2.06 bits per heavy atom. The highest BCUT2D eigenvalue weighted by atomic mass is 79.9. The van der Waals surface area contributed by atoms with Gasteiger partial charge in [0.15, 0.2) is 0 Å². The van der Waals surface area contributed by atoms with E-state index in [0.29, 0.717) is 16.9 Å². The number of alkyl carbamates (subject to hydrolysis) is 1. The second-order valence-corrected chi connectivity index (χ2v) is 9.26. The van der Waals surface area contributed by atoms with Gasteiger partial charge in [-0.25, -0.2) is 18.6 Å². The number of fused-ring (bicyclic) bond motifs is 3. The first-order chi connectivity index (χ1) is 15.1. The number of likely N-dealkylation sites (tertiary alicyclic amines) is 1. The van der Waals surface area contributed by atoms with Crippen LogP contribution in [0, 0.1) is 5.92 Å². The zero-order valence-corrected chi connectivity index (χ0v) is 19.4. The summed E-state index contributed by atoms with van der Waals surface area (Å²) in [6.07, 6.45) is -1.34. The molecule has 10 heteroatoms. The van der Waals surface area contributed by atoms with Crippen LogP contribution in [0.3, 0.4) is 0 Å². The Hall–Kier alpha value is -2.75. The van der Waals surface area contributed by atoms with Crippen LogP contribution in [0.4, 0.5) is 13.6 Å². The number of imidazole rings is 1. The van der Waals surface area contributed by atoms with Gasteiger partial charge in [0.2, 0.25) is 5.91 Å². The van der Waals surface area contributed by atoms with Crippen LogP contribution in [0.2, 0.25) is 0 Å². The number of nitrogens with zero attached hydrogens (tertiary/aromatic N) is 2. The number of carbonyl (C=O) groups is 2. The topological polar surface area (TPSA) is 87.3 Å². The summed E-state index contributed by atoms with van der Waals surface area (Å²) in [5.41, 5.74) is 1.35. The lowest BCUT2D eigenvalue weighted by molar-refractivity contribution is -0.136. The van der Waals surface area contributed by atoms with Crippen LogP contribution in [0.1, 0.15) is 32.1 Å². The van der Waals surface area contributed by atoms with Gasteiger partial charge < -0.3 is 19.9 Å². The number of halogens is 3. The second kappa shape index (κ2) is 8.31. The first kappa shape index (κ1) is 22.4. The van der Waals surface area contributed by atoms with Crippen LogP contribution in [0.5, 0.6) is 0 Å². The van der Waals surface area contributed by atoms with E-state index in [1.807, 2.05) is 30.3 Å². The zero-order valence-electron chi connectivity index (χ0n) is 17.8. The maximum absolute atomic E-state index is 14.5. The largest absolute Gasteiger partial charge is 0.453 e. The normalized spacial score (nSPS) is 19.0. The molecule has 2 aromatic carbocycles. The first-order valence-electron chi connectivity index (χ1n) is 10.2. The van der Waals surface area contributed by atoms with Crippen molar-refractivity contribution in [1.29, 1.82) is 0 Å². The Balaban J connectivity index is 1.73. The third kappa shape index (κ3) is 4.15. The molecule has 7 nitrogen and oxygen atoms in total. The van der Waals surface area contributed by atoms with Crippen LogP contribution in [-0.4, -0.2) is 52.5 Å². The molecule has 1 saturated heterocycles. The number of carbonyl (C=O) groups excluding carboxylic acids is 2. The molecule has 2 amide bonds. The number of benzene rings is 2. The summed E-state index contributed by atoms with van der Waals surface area (Å²) in [5.74, 6) is -3.70. The van der Waals surface area contributed by atoms with Gasteiger partial charge in [-0.15, -0.1) is 0 Å². The van der Waals surface area contributed by atoms with Crippen molar-refractivity contribution in [3.8, 4) is 0 Å². The summed E-state index contributed by atoms with van der Waals surface area (Å²) in [6.45, 7) is 2.72. The number of nitrogens with one attached hydrogen (secondary N) is 2. The molecular weight excluding hydrogens is 486 g/mol. The number of amides is 2.